The fourth-order valence-electron chi connectivity index (χ4n) is 2.02. The Morgan fingerprint density at radius 1 is 1.71 bits per heavy atom. The fraction of sp³-hybridized carbons (Fsp3) is 0.500. The van der Waals surface area contributed by atoms with Crippen molar-refractivity contribution >= 4 is 34.2 Å². The summed E-state index contributed by atoms with van der Waals surface area (Å²) in [6.07, 6.45) is 3.32. The minimum Gasteiger partial charge on any atom is -0.387 e. The first-order valence-electron chi connectivity index (χ1n) is 5.41. The summed E-state index contributed by atoms with van der Waals surface area (Å²) in [7, 11) is 0. The van der Waals surface area contributed by atoms with Gasteiger partial charge in [-0.05, 0) is 35.4 Å². The summed E-state index contributed by atoms with van der Waals surface area (Å²) < 4.78 is 0.592. The van der Waals surface area contributed by atoms with Gasteiger partial charge in [-0.25, -0.2) is 4.98 Å². The molecule has 0 aromatic carbocycles. The normalized spacial score (nSPS) is 20.3. The molecule has 2 rings (SSSR count). The third-order valence-corrected chi connectivity index (χ3v) is 3.91. The first-order valence-corrected chi connectivity index (χ1v) is 6.49. The molecule has 0 radical (unpaired) electrons. The van der Waals surface area contributed by atoms with Gasteiger partial charge in [0.2, 0.25) is 0 Å². The summed E-state index contributed by atoms with van der Waals surface area (Å²) in [6, 6.07) is 0. The lowest BCUT2D eigenvalue weighted by molar-refractivity contribution is 0.499. The third-order valence-electron chi connectivity index (χ3n) is 2.94. The summed E-state index contributed by atoms with van der Waals surface area (Å²) >= 11 is 2.00. The predicted molar refractivity (Wildman–Crippen MR) is 74.4 cm³/mol. The van der Waals surface area contributed by atoms with E-state index in [1.165, 1.54) is 6.33 Å². The number of aromatic nitrogens is 2. The molecule has 6 nitrogen and oxygen atoms in total. The minimum atomic E-state index is -0.124. The predicted octanol–water partition coefficient (Wildman–Crippen LogP) is 0.527. The summed E-state index contributed by atoms with van der Waals surface area (Å²) in [6.45, 7) is 1.53. The van der Waals surface area contributed by atoms with Crippen LogP contribution >= 0.6 is 22.6 Å². The highest BCUT2D eigenvalue weighted by Gasteiger charge is 2.24. The lowest BCUT2D eigenvalue weighted by Gasteiger charge is -2.33. The van der Waals surface area contributed by atoms with Crippen LogP contribution in [0.1, 0.15) is 12.8 Å². The number of nitrogens with zero attached hydrogens (tertiary/aromatic N) is 2. The molecule has 0 amide bonds. The summed E-state index contributed by atoms with van der Waals surface area (Å²) in [4.78, 5) is 20.3. The quantitative estimate of drug-likeness (QED) is 0.413. The smallest absolute Gasteiger partial charge is 0.266 e. The number of hydrogen-bond acceptors (Lipinski definition) is 4. The fourth-order valence-corrected chi connectivity index (χ4v) is 2.65. The van der Waals surface area contributed by atoms with Crippen molar-refractivity contribution in [2.24, 2.45) is 11.7 Å². The minimum absolute atomic E-state index is 0.0700. The number of H-pyrrole nitrogens is 1. The molecule has 92 valence electrons. The second kappa shape index (κ2) is 5.03. The van der Waals surface area contributed by atoms with Gasteiger partial charge < -0.3 is 15.6 Å². The van der Waals surface area contributed by atoms with Gasteiger partial charge in [-0.3, -0.25) is 10.2 Å². The molecular formula is C10H14IN5O. The van der Waals surface area contributed by atoms with Gasteiger partial charge >= 0.3 is 0 Å². The maximum Gasteiger partial charge on any atom is 0.266 e. The van der Waals surface area contributed by atoms with Gasteiger partial charge in [-0.2, -0.15) is 0 Å². The maximum atomic E-state index is 11.5. The number of rotatable bonds is 2. The van der Waals surface area contributed by atoms with E-state index >= 15 is 0 Å². The molecule has 0 aliphatic carbocycles. The highest BCUT2D eigenvalue weighted by atomic mass is 127. The van der Waals surface area contributed by atoms with Crippen LogP contribution in [0.25, 0.3) is 0 Å². The summed E-state index contributed by atoms with van der Waals surface area (Å²) in [5, 5.41) is 7.50. The van der Waals surface area contributed by atoms with Crippen LogP contribution in [0.5, 0.6) is 0 Å². The molecule has 0 spiro atoms. The molecule has 1 fully saturated rings. The second-order valence-electron chi connectivity index (χ2n) is 4.11. The Morgan fingerprint density at radius 3 is 3.18 bits per heavy atom. The van der Waals surface area contributed by atoms with Gasteiger partial charge in [0.15, 0.2) is 0 Å². The zero-order valence-corrected chi connectivity index (χ0v) is 11.4. The first kappa shape index (κ1) is 12.3. The average Bonchev–Trinajstić information content (AvgIpc) is 2.33. The summed E-state index contributed by atoms with van der Waals surface area (Å²) in [5.74, 6) is 0.982. The van der Waals surface area contributed by atoms with Crippen LogP contribution in [0.15, 0.2) is 11.1 Å². The van der Waals surface area contributed by atoms with Crippen LogP contribution < -0.4 is 16.2 Å². The van der Waals surface area contributed by atoms with Gasteiger partial charge in [0.05, 0.1) is 12.2 Å². The molecule has 2 heterocycles. The molecule has 1 aromatic heterocycles. The maximum absolute atomic E-state index is 11.5. The number of halogens is 1. The van der Waals surface area contributed by atoms with Crippen molar-refractivity contribution in [2.75, 3.05) is 18.0 Å². The van der Waals surface area contributed by atoms with Crippen LogP contribution in [0.4, 0.5) is 5.82 Å². The molecule has 1 unspecified atom stereocenters. The average molecular weight is 347 g/mol. The third kappa shape index (κ3) is 2.59. The van der Waals surface area contributed by atoms with E-state index in [1.807, 2.05) is 27.5 Å². The van der Waals surface area contributed by atoms with Crippen molar-refractivity contribution in [1.82, 2.24) is 9.97 Å². The molecule has 17 heavy (non-hydrogen) atoms. The second-order valence-corrected chi connectivity index (χ2v) is 5.19. The molecular weight excluding hydrogens is 333 g/mol. The number of hydrogen-bond donors (Lipinski definition) is 3. The highest BCUT2D eigenvalue weighted by Crippen LogP contribution is 2.23. The van der Waals surface area contributed by atoms with E-state index < -0.39 is 0 Å². The van der Waals surface area contributed by atoms with E-state index in [0.29, 0.717) is 15.9 Å². The Labute approximate surface area is 112 Å². The van der Waals surface area contributed by atoms with Gasteiger partial charge in [-0.15, -0.1) is 0 Å². The van der Waals surface area contributed by atoms with Crippen LogP contribution in [-0.4, -0.2) is 28.9 Å². The molecule has 1 aromatic rings. The monoisotopic (exact) mass is 347 g/mol. The largest absolute Gasteiger partial charge is 0.387 e. The van der Waals surface area contributed by atoms with Crippen LogP contribution in [0, 0.1) is 14.9 Å². The van der Waals surface area contributed by atoms with Crippen molar-refractivity contribution < 1.29 is 0 Å². The molecule has 0 bridgehead atoms. The van der Waals surface area contributed by atoms with Gasteiger partial charge in [0.25, 0.3) is 5.56 Å². The molecule has 0 saturated carbocycles. The van der Waals surface area contributed by atoms with Crippen LogP contribution in [-0.2, 0) is 0 Å². The van der Waals surface area contributed by atoms with Gasteiger partial charge in [-0.1, -0.05) is 0 Å². The number of amidine groups is 1. The number of piperidine rings is 1. The zero-order chi connectivity index (χ0) is 12.4. The Morgan fingerprint density at radius 2 is 2.47 bits per heavy atom. The SMILES string of the molecule is N=C(N)C1CCCN(c2nc[nH]c(=O)c2I)C1. The van der Waals surface area contributed by atoms with E-state index in [1.54, 1.807) is 0 Å². The van der Waals surface area contributed by atoms with Crippen molar-refractivity contribution in [3.63, 3.8) is 0 Å². The Bertz CT molecular complexity index is 486. The standard InChI is InChI=1S/C10H14IN5O/c11-7-9(14-5-15-10(7)17)16-3-1-2-6(4-16)8(12)13/h5-6H,1-4H2,(H3,12,13)(H,14,15,17). The molecule has 1 aliphatic rings. The van der Waals surface area contributed by atoms with E-state index in [2.05, 4.69) is 9.97 Å². The molecule has 7 heteroatoms. The first-order chi connectivity index (χ1) is 8.09. The Balaban J connectivity index is 2.25. The van der Waals surface area contributed by atoms with E-state index in [4.69, 9.17) is 11.1 Å². The van der Waals surface area contributed by atoms with Crippen LogP contribution in [0.2, 0.25) is 0 Å². The number of anilines is 1. The number of nitrogens with one attached hydrogen (secondary N) is 2. The van der Waals surface area contributed by atoms with Crippen LogP contribution in [0.3, 0.4) is 0 Å². The summed E-state index contributed by atoms with van der Waals surface area (Å²) in [5.41, 5.74) is 5.42. The molecule has 1 aliphatic heterocycles. The van der Waals surface area contributed by atoms with E-state index in [9.17, 15) is 4.79 Å². The molecule has 4 N–H and O–H groups in total. The highest BCUT2D eigenvalue weighted by molar-refractivity contribution is 14.1. The van der Waals surface area contributed by atoms with Gasteiger partial charge in [0, 0.05) is 19.0 Å². The lowest BCUT2D eigenvalue weighted by atomic mass is 9.97. The van der Waals surface area contributed by atoms with Crippen molar-refractivity contribution in [1.29, 1.82) is 5.41 Å². The molecule has 1 atom stereocenters. The Kier molecular flexibility index (Phi) is 3.65. The van der Waals surface area contributed by atoms with Crippen molar-refractivity contribution in [3.05, 3.63) is 20.3 Å². The van der Waals surface area contributed by atoms with E-state index in [0.717, 1.165) is 19.4 Å². The van der Waals surface area contributed by atoms with Gasteiger partial charge in [0.1, 0.15) is 9.39 Å². The van der Waals surface area contributed by atoms with E-state index in [-0.39, 0.29) is 17.3 Å². The van der Waals surface area contributed by atoms with Crippen molar-refractivity contribution in [3.8, 4) is 0 Å². The molecule has 1 saturated heterocycles. The lowest BCUT2D eigenvalue weighted by Crippen LogP contribution is -2.42. The Hall–Kier alpha value is -1.12. The number of nitrogens with two attached hydrogens (primary N) is 1. The topological polar surface area (TPSA) is 98.9 Å². The number of aromatic amines is 1. The van der Waals surface area contributed by atoms with Crippen molar-refractivity contribution in [2.45, 2.75) is 12.8 Å². The zero-order valence-electron chi connectivity index (χ0n) is 9.24.